The summed E-state index contributed by atoms with van der Waals surface area (Å²) in [5.41, 5.74) is 3.22. The second-order valence-corrected chi connectivity index (χ2v) is 13.3. The lowest BCUT2D eigenvalue weighted by Gasteiger charge is -2.24. The van der Waals surface area contributed by atoms with Crippen molar-refractivity contribution < 1.29 is 52.8 Å². The van der Waals surface area contributed by atoms with E-state index in [0.29, 0.717) is 57.1 Å². The van der Waals surface area contributed by atoms with E-state index in [1.54, 1.807) is 71.8 Å². The molecule has 1 fully saturated rings. The first kappa shape index (κ1) is 36.9. The maximum absolute atomic E-state index is 11.1. The van der Waals surface area contributed by atoms with E-state index in [4.69, 9.17) is 42.6 Å². The summed E-state index contributed by atoms with van der Waals surface area (Å²) < 4.78 is 52.3. The molecule has 0 amide bonds. The highest BCUT2D eigenvalue weighted by Crippen LogP contribution is 2.51. The van der Waals surface area contributed by atoms with Crippen LogP contribution in [-0.2, 0) is 4.74 Å². The number of fused-ring (bicyclic) bond motifs is 1. The molecule has 0 aromatic heterocycles. The van der Waals surface area contributed by atoms with Gasteiger partial charge in [-0.25, -0.2) is 0 Å². The van der Waals surface area contributed by atoms with E-state index in [-0.39, 0.29) is 30.8 Å². The molecule has 0 bridgehead atoms. The molecule has 278 valence electrons. The van der Waals surface area contributed by atoms with E-state index in [1.165, 1.54) is 0 Å². The van der Waals surface area contributed by atoms with Gasteiger partial charge in [-0.05, 0) is 96.5 Å². The first-order chi connectivity index (χ1) is 25.1. The second kappa shape index (κ2) is 15.8. The van der Waals surface area contributed by atoms with Gasteiger partial charge in [0.2, 0.25) is 6.79 Å². The Balaban J connectivity index is 1.14. The maximum atomic E-state index is 11.1. The third-order valence-corrected chi connectivity index (χ3v) is 10.1. The molecule has 4 aromatic rings. The Bertz CT molecular complexity index is 1840. The third-order valence-electron chi connectivity index (χ3n) is 10.1. The molecule has 1 saturated heterocycles. The van der Waals surface area contributed by atoms with Gasteiger partial charge in [0.25, 0.3) is 0 Å². The van der Waals surface area contributed by atoms with Gasteiger partial charge in [-0.3, -0.25) is 0 Å². The van der Waals surface area contributed by atoms with Crippen LogP contribution >= 0.6 is 0 Å². The molecule has 0 spiro atoms. The molecule has 2 aliphatic heterocycles. The average molecular weight is 717 g/mol. The van der Waals surface area contributed by atoms with E-state index in [0.717, 1.165) is 11.1 Å². The largest absolute Gasteiger partial charge is 0.493 e. The van der Waals surface area contributed by atoms with Crippen LogP contribution in [0.25, 0.3) is 0 Å². The molecule has 0 aliphatic carbocycles. The van der Waals surface area contributed by atoms with Crippen molar-refractivity contribution in [3.05, 3.63) is 95.1 Å². The highest BCUT2D eigenvalue weighted by Gasteiger charge is 2.41. The topological polar surface area (TPSA) is 124 Å². The fourth-order valence-corrected chi connectivity index (χ4v) is 6.84. The molecule has 0 radical (unpaired) electrons. The molecule has 11 heteroatoms. The summed E-state index contributed by atoms with van der Waals surface area (Å²) in [5.74, 6) is 4.80. The summed E-state index contributed by atoms with van der Waals surface area (Å²) >= 11 is 0. The minimum atomic E-state index is -0.930. The van der Waals surface area contributed by atoms with Crippen LogP contribution in [0.3, 0.4) is 0 Å². The van der Waals surface area contributed by atoms with Crippen molar-refractivity contribution in [2.24, 2.45) is 11.8 Å². The van der Waals surface area contributed by atoms with Crippen molar-refractivity contribution in [3.8, 4) is 46.0 Å². The number of hydrogen-bond donors (Lipinski definition) is 2. The number of methoxy groups -OCH3 is 4. The summed E-state index contributed by atoms with van der Waals surface area (Å²) in [6, 6.07) is 22.2. The van der Waals surface area contributed by atoms with Crippen molar-refractivity contribution in [1.82, 2.24) is 0 Å². The normalized spacial score (nSPS) is 21.5. The zero-order valence-corrected chi connectivity index (χ0v) is 30.8. The van der Waals surface area contributed by atoms with Crippen LogP contribution in [-0.4, -0.2) is 57.7 Å². The smallest absolute Gasteiger partial charge is 0.231 e. The molecule has 2 heterocycles. The predicted octanol–water partition coefficient (Wildman–Crippen LogP) is 7.54. The summed E-state index contributed by atoms with van der Waals surface area (Å²) in [7, 11) is 6.31. The van der Waals surface area contributed by atoms with E-state index in [1.807, 2.05) is 43.3 Å². The molecule has 0 unspecified atom stereocenters. The highest BCUT2D eigenvalue weighted by atomic mass is 16.7. The van der Waals surface area contributed by atoms with Gasteiger partial charge in [0.1, 0.15) is 24.4 Å². The lowest BCUT2D eigenvalue weighted by molar-refractivity contribution is 0.0281. The Hall–Kier alpha value is -4.84. The Morgan fingerprint density at radius 3 is 1.50 bits per heavy atom. The van der Waals surface area contributed by atoms with Gasteiger partial charge < -0.3 is 52.8 Å². The number of hydrogen-bond acceptors (Lipinski definition) is 11. The van der Waals surface area contributed by atoms with Crippen LogP contribution in [0, 0.1) is 11.8 Å². The van der Waals surface area contributed by atoms with Gasteiger partial charge in [0.05, 0.1) is 40.6 Å². The first-order valence-electron chi connectivity index (χ1n) is 17.4. The molecule has 2 aliphatic rings. The zero-order chi connectivity index (χ0) is 37.1. The number of aliphatic hydroxyl groups is 2. The minimum Gasteiger partial charge on any atom is -0.493 e. The Labute approximate surface area is 304 Å². The maximum Gasteiger partial charge on any atom is 0.231 e. The molecule has 0 saturated carbocycles. The first-order valence-corrected chi connectivity index (χ1v) is 17.4. The Morgan fingerprint density at radius 2 is 0.981 bits per heavy atom. The standard InChI is InChI=1S/C41H48O11/c1-22-23(2)41(29-12-16-33(36(20-29)47-8)51-25(4)39(43)27-10-14-31-37(18-27)49-21-48-31)52-40(22)28-11-15-32(35(19-28)46-7)50-24(3)38(42)26-9-13-30(44-5)34(17-26)45-6/h9-20,22-25,38-43H,21H2,1-8H3/t22-,23+,24+,25-,38-,39+,40-,41+/m1/s1. The van der Waals surface area contributed by atoms with E-state index < -0.39 is 24.4 Å². The highest BCUT2D eigenvalue weighted by molar-refractivity contribution is 5.48. The van der Waals surface area contributed by atoms with Crippen molar-refractivity contribution in [1.29, 1.82) is 0 Å². The molecule has 8 atom stereocenters. The number of benzene rings is 4. The molecule has 2 N–H and O–H groups in total. The number of rotatable bonds is 14. The molecule has 11 nitrogen and oxygen atoms in total. The molecule has 4 aromatic carbocycles. The van der Waals surface area contributed by atoms with Crippen LogP contribution in [0.4, 0.5) is 0 Å². The quantitative estimate of drug-likeness (QED) is 0.135. The van der Waals surface area contributed by atoms with Crippen LogP contribution in [0.1, 0.15) is 74.4 Å². The van der Waals surface area contributed by atoms with Gasteiger partial charge in [0.15, 0.2) is 46.0 Å². The number of ether oxygens (including phenoxy) is 9. The number of aliphatic hydroxyl groups excluding tert-OH is 2. The van der Waals surface area contributed by atoms with Crippen molar-refractivity contribution in [2.45, 2.75) is 64.3 Å². The van der Waals surface area contributed by atoms with Crippen LogP contribution in [0.5, 0.6) is 46.0 Å². The Kier molecular flexibility index (Phi) is 11.2. The minimum absolute atomic E-state index is 0.164. The molecular formula is C41H48O11. The summed E-state index contributed by atoms with van der Waals surface area (Å²) in [6.45, 7) is 8.14. The average Bonchev–Trinajstić information content (AvgIpc) is 3.77. The van der Waals surface area contributed by atoms with Gasteiger partial charge in [0, 0.05) is 0 Å². The summed E-state index contributed by atoms with van der Waals surface area (Å²) in [5, 5.41) is 22.2. The fourth-order valence-electron chi connectivity index (χ4n) is 6.84. The van der Waals surface area contributed by atoms with E-state index >= 15 is 0 Å². The SMILES string of the molecule is COc1ccc([C@H](O)[C@H](C)Oc2ccc([C@@H]3O[C@H](c4ccc(O[C@H](C)[C@H](O)c5ccc6c(c5)OCO6)c(OC)c4)[C@@H](C)[C@H]3C)cc2OC)cc1OC. The van der Waals surface area contributed by atoms with Gasteiger partial charge in [-0.2, -0.15) is 0 Å². The van der Waals surface area contributed by atoms with Gasteiger partial charge in [-0.15, -0.1) is 0 Å². The Morgan fingerprint density at radius 1 is 0.538 bits per heavy atom. The van der Waals surface area contributed by atoms with Crippen LogP contribution < -0.4 is 37.9 Å². The fraction of sp³-hybridized carbons (Fsp3) is 0.415. The van der Waals surface area contributed by atoms with E-state index in [9.17, 15) is 10.2 Å². The zero-order valence-electron chi connectivity index (χ0n) is 30.8. The monoisotopic (exact) mass is 716 g/mol. The van der Waals surface area contributed by atoms with E-state index in [2.05, 4.69) is 13.8 Å². The summed E-state index contributed by atoms with van der Waals surface area (Å²) in [6.07, 6.45) is -3.43. The van der Waals surface area contributed by atoms with Crippen LogP contribution in [0.2, 0.25) is 0 Å². The molecule has 52 heavy (non-hydrogen) atoms. The van der Waals surface area contributed by atoms with Gasteiger partial charge >= 0.3 is 0 Å². The van der Waals surface area contributed by atoms with Crippen LogP contribution in [0.15, 0.2) is 72.8 Å². The third kappa shape index (κ3) is 7.39. The van der Waals surface area contributed by atoms with Crippen molar-refractivity contribution >= 4 is 0 Å². The summed E-state index contributed by atoms with van der Waals surface area (Å²) in [4.78, 5) is 0. The van der Waals surface area contributed by atoms with Crippen molar-refractivity contribution in [2.75, 3.05) is 35.2 Å². The van der Waals surface area contributed by atoms with Crippen molar-refractivity contribution in [3.63, 3.8) is 0 Å². The lowest BCUT2D eigenvalue weighted by Crippen LogP contribution is -2.22. The lowest BCUT2D eigenvalue weighted by atomic mass is 9.85. The predicted molar refractivity (Wildman–Crippen MR) is 193 cm³/mol. The molecular weight excluding hydrogens is 668 g/mol. The second-order valence-electron chi connectivity index (χ2n) is 13.3. The van der Waals surface area contributed by atoms with Gasteiger partial charge in [-0.1, -0.05) is 38.1 Å². The molecule has 6 rings (SSSR count).